The molecule has 0 radical (unpaired) electrons. The van der Waals surface area contributed by atoms with Crippen molar-refractivity contribution in [3.63, 3.8) is 0 Å². The van der Waals surface area contributed by atoms with Crippen LogP contribution in [0, 0.1) is 12.7 Å². The van der Waals surface area contributed by atoms with E-state index < -0.39 is 0 Å². The highest BCUT2D eigenvalue weighted by Gasteiger charge is 2.11. The van der Waals surface area contributed by atoms with E-state index in [9.17, 15) is 4.39 Å². The molecule has 110 valence electrons. The number of hydrogen-bond donors (Lipinski definition) is 1. The van der Waals surface area contributed by atoms with Crippen LogP contribution in [0.4, 0.5) is 15.8 Å². The van der Waals surface area contributed by atoms with E-state index in [4.69, 9.17) is 0 Å². The Hall–Kier alpha value is -2.03. The van der Waals surface area contributed by atoms with Crippen LogP contribution in [0.15, 0.2) is 42.5 Å². The van der Waals surface area contributed by atoms with Crippen LogP contribution >= 0.6 is 0 Å². The van der Waals surface area contributed by atoms with Crippen LogP contribution < -0.4 is 10.2 Å². The minimum atomic E-state index is -0.200. The lowest BCUT2D eigenvalue weighted by atomic mass is 10.1. The van der Waals surface area contributed by atoms with E-state index in [1.165, 1.54) is 30.2 Å². The van der Waals surface area contributed by atoms with Crippen molar-refractivity contribution >= 4 is 11.4 Å². The van der Waals surface area contributed by atoms with Gasteiger partial charge < -0.3 is 10.2 Å². The second kappa shape index (κ2) is 6.17. The van der Waals surface area contributed by atoms with Gasteiger partial charge in [0.25, 0.3) is 0 Å². The van der Waals surface area contributed by atoms with Crippen molar-refractivity contribution in [2.75, 3.05) is 23.3 Å². The van der Waals surface area contributed by atoms with Crippen molar-refractivity contribution in [3.8, 4) is 0 Å². The summed E-state index contributed by atoms with van der Waals surface area (Å²) in [7, 11) is 0. The fourth-order valence-electron chi connectivity index (χ4n) is 2.77. The topological polar surface area (TPSA) is 15.3 Å². The third-order valence-electron chi connectivity index (χ3n) is 4.01. The molecule has 2 nitrogen and oxygen atoms in total. The zero-order valence-corrected chi connectivity index (χ0v) is 12.4. The molecule has 0 bridgehead atoms. The molecule has 0 aromatic heterocycles. The SMILES string of the molecule is Cc1ccc(F)c(NCc2ccc(N3CCCC3)cc2)c1. The van der Waals surface area contributed by atoms with E-state index in [1.807, 2.05) is 13.0 Å². The normalized spacial score (nSPS) is 14.5. The van der Waals surface area contributed by atoms with Crippen molar-refractivity contribution in [1.29, 1.82) is 0 Å². The summed E-state index contributed by atoms with van der Waals surface area (Å²) in [5, 5.41) is 3.17. The molecule has 0 unspecified atom stereocenters. The molecule has 0 aliphatic carbocycles. The third kappa shape index (κ3) is 3.35. The zero-order chi connectivity index (χ0) is 14.7. The predicted octanol–water partition coefficient (Wildman–Crippen LogP) is 4.35. The Bertz CT molecular complexity index is 601. The van der Waals surface area contributed by atoms with Gasteiger partial charge in [0.1, 0.15) is 5.82 Å². The van der Waals surface area contributed by atoms with Gasteiger partial charge in [-0.1, -0.05) is 18.2 Å². The van der Waals surface area contributed by atoms with Gasteiger partial charge in [-0.3, -0.25) is 0 Å². The van der Waals surface area contributed by atoms with Crippen molar-refractivity contribution in [1.82, 2.24) is 0 Å². The van der Waals surface area contributed by atoms with Gasteiger partial charge in [0, 0.05) is 25.3 Å². The Balaban J connectivity index is 1.64. The monoisotopic (exact) mass is 284 g/mol. The van der Waals surface area contributed by atoms with Crippen molar-refractivity contribution in [2.24, 2.45) is 0 Å². The largest absolute Gasteiger partial charge is 0.379 e. The summed E-state index contributed by atoms with van der Waals surface area (Å²) in [6.07, 6.45) is 2.58. The van der Waals surface area contributed by atoms with E-state index in [0.717, 1.165) is 18.7 Å². The molecule has 1 fully saturated rings. The molecule has 1 N–H and O–H groups in total. The highest BCUT2D eigenvalue weighted by Crippen LogP contribution is 2.21. The average Bonchev–Trinajstić information content (AvgIpc) is 3.03. The highest BCUT2D eigenvalue weighted by molar-refractivity contribution is 5.50. The van der Waals surface area contributed by atoms with Gasteiger partial charge in [-0.05, 0) is 55.2 Å². The van der Waals surface area contributed by atoms with Gasteiger partial charge in [-0.15, -0.1) is 0 Å². The fraction of sp³-hybridized carbons (Fsp3) is 0.333. The van der Waals surface area contributed by atoms with E-state index in [-0.39, 0.29) is 5.82 Å². The van der Waals surface area contributed by atoms with Gasteiger partial charge in [-0.25, -0.2) is 4.39 Å². The second-order valence-electron chi connectivity index (χ2n) is 5.70. The Morgan fingerprint density at radius 3 is 2.48 bits per heavy atom. The minimum absolute atomic E-state index is 0.200. The first-order valence-corrected chi connectivity index (χ1v) is 7.56. The summed E-state index contributed by atoms with van der Waals surface area (Å²) in [6, 6.07) is 13.7. The number of anilines is 2. The standard InChI is InChI=1S/C18H21FN2/c1-14-4-9-17(19)18(12-14)20-13-15-5-7-16(8-6-15)21-10-2-3-11-21/h4-9,12,20H,2-3,10-11,13H2,1H3. The molecule has 1 heterocycles. The maximum atomic E-state index is 13.7. The van der Waals surface area contributed by atoms with Crippen LogP contribution in [-0.2, 0) is 6.54 Å². The van der Waals surface area contributed by atoms with Crippen molar-refractivity contribution in [2.45, 2.75) is 26.3 Å². The van der Waals surface area contributed by atoms with Gasteiger partial charge >= 0.3 is 0 Å². The second-order valence-corrected chi connectivity index (χ2v) is 5.70. The summed E-state index contributed by atoms with van der Waals surface area (Å²) in [5.74, 6) is -0.200. The molecule has 2 aromatic carbocycles. The third-order valence-corrected chi connectivity index (χ3v) is 4.01. The van der Waals surface area contributed by atoms with Crippen molar-refractivity contribution in [3.05, 3.63) is 59.4 Å². The first-order valence-electron chi connectivity index (χ1n) is 7.56. The molecule has 3 heteroatoms. The Morgan fingerprint density at radius 2 is 1.76 bits per heavy atom. The molecule has 1 aliphatic rings. The first kappa shape index (κ1) is 13.9. The highest BCUT2D eigenvalue weighted by atomic mass is 19.1. The van der Waals surface area contributed by atoms with E-state index in [1.54, 1.807) is 6.07 Å². The Kier molecular flexibility index (Phi) is 4.09. The molecular formula is C18H21FN2. The van der Waals surface area contributed by atoms with Crippen LogP contribution in [0.3, 0.4) is 0 Å². The molecule has 0 atom stereocenters. The number of rotatable bonds is 4. The molecular weight excluding hydrogens is 263 g/mol. The predicted molar refractivity (Wildman–Crippen MR) is 86.4 cm³/mol. The molecule has 0 saturated carbocycles. The summed E-state index contributed by atoms with van der Waals surface area (Å²) in [4.78, 5) is 2.41. The number of nitrogens with zero attached hydrogens (tertiary/aromatic N) is 1. The molecule has 1 aliphatic heterocycles. The first-order chi connectivity index (χ1) is 10.2. The quantitative estimate of drug-likeness (QED) is 0.898. The van der Waals surface area contributed by atoms with Gasteiger partial charge in [-0.2, -0.15) is 0 Å². The summed E-state index contributed by atoms with van der Waals surface area (Å²) in [5.41, 5.74) is 4.08. The van der Waals surface area contributed by atoms with Gasteiger partial charge in [0.05, 0.1) is 5.69 Å². The summed E-state index contributed by atoms with van der Waals surface area (Å²) in [6.45, 7) is 4.92. The maximum Gasteiger partial charge on any atom is 0.146 e. The lowest BCUT2D eigenvalue weighted by Gasteiger charge is -2.18. The number of hydrogen-bond acceptors (Lipinski definition) is 2. The van der Waals surface area contributed by atoms with Crippen molar-refractivity contribution < 1.29 is 4.39 Å². The number of halogens is 1. The minimum Gasteiger partial charge on any atom is -0.379 e. The van der Waals surface area contributed by atoms with Crippen LogP contribution in [0.2, 0.25) is 0 Å². The van der Waals surface area contributed by atoms with E-state index in [0.29, 0.717) is 12.2 Å². The number of nitrogens with one attached hydrogen (secondary N) is 1. The average molecular weight is 284 g/mol. The summed E-state index contributed by atoms with van der Waals surface area (Å²) < 4.78 is 13.7. The Labute approximate surface area is 125 Å². The van der Waals surface area contributed by atoms with Gasteiger partial charge in [0.15, 0.2) is 0 Å². The smallest absolute Gasteiger partial charge is 0.146 e. The lowest BCUT2D eigenvalue weighted by Crippen LogP contribution is -2.17. The van der Waals surface area contributed by atoms with Crippen LogP contribution in [-0.4, -0.2) is 13.1 Å². The molecule has 0 amide bonds. The lowest BCUT2D eigenvalue weighted by molar-refractivity contribution is 0.629. The number of aryl methyl sites for hydroxylation is 1. The fourth-order valence-corrected chi connectivity index (χ4v) is 2.77. The molecule has 21 heavy (non-hydrogen) atoms. The Morgan fingerprint density at radius 1 is 1.05 bits per heavy atom. The maximum absolute atomic E-state index is 13.7. The van der Waals surface area contributed by atoms with Crippen LogP contribution in [0.5, 0.6) is 0 Å². The zero-order valence-electron chi connectivity index (χ0n) is 12.4. The molecule has 2 aromatic rings. The molecule has 0 spiro atoms. The molecule has 1 saturated heterocycles. The van der Waals surface area contributed by atoms with E-state index in [2.05, 4.69) is 34.5 Å². The number of benzene rings is 2. The molecule has 3 rings (SSSR count). The van der Waals surface area contributed by atoms with Crippen LogP contribution in [0.1, 0.15) is 24.0 Å². The van der Waals surface area contributed by atoms with Crippen LogP contribution in [0.25, 0.3) is 0 Å². The van der Waals surface area contributed by atoms with Gasteiger partial charge in [0.2, 0.25) is 0 Å². The summed E-state index contributed by atoms with van der Waals surface area (Å²) >= 11 is 0. The van der Waals surface area contributed by atoms with E-state index >= 15 is 0 Å².